The van der Waals surface area contributed by atoms with Gasteiger partial charge in [-0.05, 0) is 88.4 Å². The first-order valence-electron chi connectivity index (χ1n) is 14.2. The van der Waals surface area contributed by atoms with Gasteiger partial charge in [0.2, 0.25) is 0 Å². The van der Waals surface area contributed by atoms with E-state index in [0.29, 0.717) is 11.4 Å². The molecule has 2 aromatic carbocycles. The zero-order chi connectivity index (χ0) is 28.6. The number of rotatable bonds is 10. The van der Waals surface area contributed by atoms with Crippen molar-refractivity contribution in [3.63, 3.8) is 0 Å². The molecule has 216 valence electrons. The number of ketones is 1. The highest BCUT2D eigenvalue weighted by atomic mass is 16.5. The molecule has 0 spiro atoms. The van der Waals surface area contributed by atoms with Crippen LogP contribution in [0.25, 0.3) is 0 Å². The Kier molecular flexibility index (Phi) is 10.2. The molecule has 2 amide bonds. The van der Waals surface area contributed by atoms with Gasteiger partial charge in [0.15, 0.2) is 5.78 Å². The molecular formula is C31H42N4O5. The SMILES string of the molecule is COC(=O)C1CCC(N(C)C(C(=O)Cc2ccc(NC(=O)Nc3ccccc3C)c(OC)c2)C2CCCN2)CC1. The molecule has 4 rings (SSSR count). The predicted molar refractivity (Wildman–Crippen MR) is 156 cm³/mol. The number of nitrogens with one attached hydrogen (secondary N) is 3. The number of esters is 1. The van der Waals surface area contributed by atoms with E-state index in [-0.39, 0.29) is 48.2 Å². The first kappa shape index (κ1) is 29.6. The van der Waals surface area contributed by atoms with Crippen LogP contribution in [0.15, 0.2) is 42.5 Å². The average molecular weight is 551 g/mol. The molecule has 2 aliphatic rings. The summed E-state index contributed by atoms with van der Waals surface area (Å²) >= 11 is 0. The molecule has 1 aliphatic carbocycles. The normalized spacial score (nSPS) is 21.5. The molecule has 2 unspecified atom stereocenters. The van der Waals surface area contributed by atoms with Crippen molar-refractivity contribution in [1.82, 2.24) is 10.2 Å². The zero-order valence-corrected chi connectivity index (χ0v) is 24.0. The van der Waals surface area contributed by atoms with E-state index in [9.17, 15) is 14.4 Å². The highest BCUT2D eigenvalue weighted by Gasteiger charge is 2.38. The number of carbonyl (C=O) groups is 3. The van der Waals surface area contributed by atoms with Gasteiger partial charge in [0.05, 0.1) is 31.9 Å². The lowest BCUT2D eigenvalue weighted by molar-refractivity contribution is -0.147. The van der Waals surface area contributed by atoms with Gasteiger partial charge < -0.3 is 25.4 Å². The number of hydrogen-bond acceptors (Lipinski definition) is 7. The second-order valence-electron chi connectivity index (χ2n) is 10.9. The van der Waals surface area contributed by atoms with Crippen LogP contribution in [0, 0.1) is 12.8 Å². The van der Waals surface area contributed by atoms with Gasteiger partial charge in [-0.3, -0.25) is 14.5 Å². The number of aryl methyl sites for hydroxylation is 1. The van der Waals surface area contributed by atoms with Crippen molar-refractivity contribution >= 4 is 29.2 Å². The van der Waals surface area contributed by atoms with Crippen molar-refractivity contribution in [3.05, 3.63) is 53.6 Å². The topological polar surface area (TPSA) is 109 Å². The summed E-state index contributed by atoms with van der Waals surface area (Å²) in [4.78, 5) is 40.7. The predicted octanol–water partition coefficient (Wildman–Crippen LogP) is 4.54. The van der Waals surface area contributed by atoms with Crippen LogP contribution in [0.1, 0.15) is 49.7 Å². The maximum absolute atomic E-state index is 13.8. The largest absolute Gasteiger partial charge is 0.495 e. The Morgan fingerprint density at radius 3 is 2.38 bits per heavy atom. The van der Waals surface area contributed by atoms with Crippen molar-refractivity contribution in [3.8, 4) is 5.75 Å². The lowest BCUT2D eigenvalue weighted by Gasteiger charge is -2.40. The first-order chi connectivity index (χ1) is 19.3. The molecule has 1 saturated heterocycles. The highest BCUT2D eigenvalue weighted by Crippen LogP contribution is 2.31. The number of methoxy groups -OCH3 is 2. The molecule has 0 radical (unpaired) electrons. The molecule has 0 aromatic heterocycles. The number of ether oxygens (including phenoxy) is 2. The van der Waals surface area contributed by atoms with Gasteiger partial charge in [-0.2, -0.15) is 0 Å². The molecule has 3 N–H and O–H groups in total. The van der Waals surface area contributed by atoms with Crippen molar-refractivity contribution in [1.29, 1.82) is 0 Å². The van der Waals surface area contributed by atoms with Gasteiger partial charge >= 0.3 is 12.0 Å². The van der Waals surface area contributed by atoms with E-state index < -0.39 is 0 Å². The van der Waals surface area contributed by atoms with Crippen LogP contribution in [0.3, 0.4) is 0 Å². The van der Waals surface area contributed by atoms with E-state index in [1.165, 1.54) is 7.11 Å². The van der Waals surface area contributed by atoms with Gasteiger partial charge in [-0.15, -0.1) is 0 Å². The molecule has 1 saturated carbocycles. The maximum atomic E-state index is 13.8. The van der Waals surface area contributed by atoms with Crippen LogP contribution in [0.4, 0.5) is 16.2 Å². The van der Waals surface area contributed by atoms with E-state index in [1.54, 1.807) is 13.2 Å². The summed E-state index contributed by atoms with van der Waals surface area (Å²) in [7, 11) is 5.04. The fourth-order valence-corrected chi connectivity index (χ4v) is 6.07. The van der Waals surface area contributed by atoms with Crippen molar-refractivity contribution < 1.29 is 23.9 Å². The molecule has 40 heavy (non-hydrogen) atoms. The fraction of sp³-hybridized carbons (Fsp3) is 0.516. The lowest BCUT2D eigenvalue weighted by atomic mass is 9.84. The number of nitrogens with zero attached hydrogens (tertiary/aromatic N) is 1. The summed E-state index contributed by atoms with van der Waals surface area (Å²) < 4.78 is 10.5. The van der Waals surface area contributed by atoms with Gasteiger partial charge in [-0.1, -0.05) is 24.3 Å². The molecule has 1 aliphatic heterocycles. The average Bonchev–Trinajstić information content (AvgIpc) is 3.49. The third kappa shape index (κ3) is 7.20. The third-order valence-corrected chi connectivity index (χ3v) is 8.34. The molecular weight excluding hydrogens is 508 g/mol. The number of para-hydroxylation sites is 1. The Morgan fingerprint density at radius 1 is 1.00 bits per heavy atom. The van der Waals surface area contributed by atoms with Crippen LogP contribution in [-0.4, -0.2) is 68.6 Å². The Bertz CT molecular complexity index is 1190. The second-order valence-corrected chi connectivity index (χ2v) is 10.9. The van der Waals surface area contributed by atoms with Crippen LogP contribution in [-0.2, 0) is 20.7 Å². The number of hydrogen-bond donors (Lipinski definition) is 3. The van der Waals surface area contributed by atoms with E-state index in [0.717, 1.165) is 61.9 Å². The van der Waals surface area contributed by atoms with Gasteiger partial charge in [0, 0.05) is 24.2 Å². The number of Topliss-reactive ketones (excluding diaryl/α,β-unsaturated/α-hetero) is 1. The number of amides is 2. The third-order valence-electron chi connectivity index (χ3n) is 8.34. The molecule has 9 heteroatoms. The smallest absolute Gasteiger partial charge is 0.323 e. The van der Waals surface area contributed by atoms with Crippen molar-refractivity contribution in [2.45, 2.75) is 70.0 Å². The van der Waals surface area contributed by atoms with E-state index in [4.69, 9.17) is 9.47 Å². The standard InChI is InChI=1S/C31H42N4O5/c1-20-8-5-6-9-24(20)33-31(38)34-25-16-11-21(19-28(25)39-3)18-27(36)29(26-10-7-17-32-26)35(2)23-14-12-22(13-15-23)30(37)40-4/h5-6,8-9,11,16,19,22-23,26,29,32H,7,10,12-15,17-18H2,1-4H3,(H2,33,34,38). The maximum Gasteiger partial charge on any atom is 0.323 e. The highest BCUT2D eigenvalue weighted by molar-refractivity contribution is 6.01. The summed E-state index contributed by atoms with van der Waals surface area (Å²) in [5, 5.41) is 9.25. The molecule has 2 aromatic rings. The Balaban J connectivity index is 1.43. The minimum Gasteiger partial charge on any atom is -0.495 e. The first-order valence-corrected chi connectivity index (χ1v) is 14.2. The minimum atomic E-state index is -0.368. The summed E-state index contributed by atoms with van der Waals surface area (Å²) in [6.45, 7) is 2.84. The quantitative estimate of drug-likeness (QED) is 0.373. The number of likely N-dealkylation sites (N-methyl/N-ethyl adjacent to an activating group) is 1. The van der Waals surface area contributed by atoms with Gasteiger partial charge in [0.1, 0.15) is 5.75 Å². The lowest BCUT2D eigenvalue weighted by Crippen LogP contribution is -2.55. The van der Waals surface area contributed by atoms with Crippen LogP contribution < -0.4 is 20.7 Å². The van der Waals surface area contributed by atoms with Crippen LogP contribution >= 0.6 is 0 Å². The monoisotopic (exact) mass is 550 g/mol. The molecule has 1 heterocycles. The Morgan fingerprint density at radius 2 is 1.73 bits per heavy atom. The van der Waals surface area contributed by atoms with Crippen molar-refractivity contribution in [2.24, 2.45) is 5.92 Å². The number of urea groups is 1. The molecule has 0 bridgehead atoms. The number of carbonyl (C=O) groups excluding carboxylic acids is 3. The van der Waals surface area contributed by atoms with Crippen LogP contribution in [0.5, 0.6) is 5.75 Å². The molecule has 2 atom stereocenters. The Hall–Kier alpha value is -3.43. The second kappa shape index (κ2) is 13.8. The molecule has 2 fully saturated rings. The summed E-state index contributed by atoms with van der Waals surface area (Å²) in [5.74, 6) is 0.463. The van der Waals surface area contributed by atoms with E-state index in [2.05, 4.69) is 20.9 Å². The van der Waals surface area contributed by atoms with Crippen molar-refractivity contribution in [2.75, 3.05) is 38.4 Å². The summed E-state index contributed by atoms with van der Waals surface area (Å²) in [5.41, 5.74) is 3.05. The van der Waals surface area contributed by atoms with Crippen LogP contribution in [0.2, 0.25) is 0 Å². The number of benzene rings is 2. The van der Waals surface area contributed by atoms with Gasteiger partial charge in [0.25, 0.3) is 0 Å². The number of anilines is 2. The summed E-state index contributed by atoms with van der Waals surface area (Å²) in [6.07, 6.45) is 5.57. The summed E-state index contributed by atoms with van der Waals surface area (Å²) in [6, 6.07) is 12.7. The van der Waals surface area contributed by atoms with E-state index >= 15 is 0 Å². The fourth-order valence-electron chi connectivity index (χ4n) is 6.07. The molecule has 9 nitrogen and oxygen atoms in total. The van der Waals surface area contributed by atoms with E-state index in [1.807, 2.05) is 50.4 Å². The Labute approximate surface area is 237 Å². The van der Waals surface area contributed by atoms with Gasteiger partial charge in [-0.25, -0.2) is 4.79 Å². The minimum absolute atomic E-state index is 0.0493. The zero-order valence-electron chi connectivity index (χ0n) is 24.0.